The zero-order valence-electron chi connectivity index (χ0n) is 32.1. The molecule has 0 fully saturated rings. The number of rotatable bonds is 15. The van der Waals surface area contributed by atoms with Crippen LogP contribution < -0.4 is 30.0 Å². The van der Waals surface area contributed by atoms with Gasteiger partial charge in [0.05, 0.1) is 69.5 Å². The number of nitrogens with one attached hydrogen (secondary N) is 1. The van der Waals surface area contributed by atoms with E-state index >= 15 is 0 Å². The number of hydrogen-bond donors (Lipinski definition) is 4. The van der Waals surface area contributed by atoms with Crippen LogP contribution in [0.2, 0.25) is 0 Å². The Morgan fingerprint density at radius 3 is 1.75 bits per heavy atom. The summed E-state index contributed by atoms with van der Waals surface area (Å²) >= 11 is 0. The average Bonchev–Trinajstić information content (AvgIpc) is 3.24. The first-order valence-electron chi connectivity index (χ1n) is 18.7. The van der Waals surface area contributed by atoms with E-state index in [-0.39, 0.29) is 79.5 Å². The molecule has 5 N–H and O–H groups in total. The summed E-state index contributed by atoms with van der Waals surface area (Å²) in [5, 5.41) is 23.0. The van der Waals surface area contributed by atoms with Crippen LogP contribution in [0.1, 0.15) is 49.4 Å². The fourth-order valence-electron chi connectivity index (χ4n) is 7.14. The van der Waals surface area contributed by atoms with Gasteiger partial charge in [-0.25, -0.2) is 4.79 Å². The summed E-state index contributed by atoms with van der Waals surface area (Å²) in [5.41, 5.74) is 11.2. The first-order valence-corrected chi connectivity index (χ1v) is 18.7. The summed E-state index contributed by atoms with van der Waals surface area (Å²) in [6.45, 7) is 4.03. The van der Waals surface area contributed by atoms with Gasteiger partial charge < -0.3 is 49.4 Å². The minimum atomic E-state index is -0.799. The van der Waals surface area contributed by atoms with Crippen LogP contribution in [-0.2, 0) is 30.7 Å². The van der Waals surface area contributed by atoms with E-state index in [0.717, 1.165) is 22.3 Å². The van der Waals surface area contributed by atoms with E-state index in [1.54, 1.807) is 21.9 Å². The van der Waals surface area contributed by atoms with Crippen LogP contribution in [0.4, 0.5) is 16.2 Å². The number of carbonyl (C=O) groups is 3. The Hall–Kier alpha value is -6.25. The topological polar surface area (TPSA) is 182 Å². The van der Waals surface area contributed by atoms with Crippen LogP contribution in [0.5, 0.6) is 23.0 Å². The highest BCUT2D eigenvalue weighted by Gasteiger charge is 2.33. The maximum absolute atomic E-state index is 14.1. The first kappa shape index (κ1) is 40.4. The summed E-state index contributed by atoms with van der Waals surface area (Å²) in [6, 6.07) is 20.8. The number of fused-ring (bicyclic) bond motifs is 2. The Bertz CT molecular complexity index is 2110. The van der Waals surface area contributed by atoms with E-state index in [0.29, 0.717) is 37.3 Å². The molecule has 2 aliphatic rings. The molecular weight excluding hydrogens is 732 g/mol. The zero-order valence-corrected chi connectivity index (χ0v) is 32.1. The Balaban J connectivity index is 1.14. The molecule has 4 aromatic rings. The minimum Gasteiger partial charge on any atom is -0.493 e. The zero-order chi connectivity index (χ0) is 40.5. The van der Waals surface area contributed by atoms with E-state index in [9.17, 15) is 24.6 Å². The molecule has 0 aliphatic carbocycles. The summed E-state index contributed by atoms with van der Waals surface area (Å²) < 4.78 is 28.4. The molecular formula is C43H48N4O10. The van der Waals surface area contributed by atoms with Crippen LogP contribution in [-0.4, -0.2) is 97.3 Å². The number of benzene rings is 4. The predicted octanol–water partition coefficient (Wildman–Crippen LogP) is 4.99. The normalized spacial score (nSPS) is 15.8. The molecule has 0 saturated heterocycles. The predicted molar refractivity (Wildman–Crippen MR) is 213 cm³/mol. The fourth-order valence-corrected chi connectivity index (χ4v) is 7.14. The van der Waals surface area contributed by atoms with Crippen molar-refractivity contribution in [1.29, 1.82) is 0 Å². The number of methoxy groups -OCH3 is 2. The van der Waals surface area contributed by atoms with E-state index in [1.165, 1.54) is 32.4 Å². The van der Waals surface area contributed by atoms with Gasteiger partial charge in [-0.2, -0.15) is 0 Å². The third-order valence-corrected chi connectivity index (χ3v) is 10.1. The average molecular weight is 781 g/mol. The molecule has 57 heavy (non-hydrogen) atoms. The van der Waals surface area contributed by atoms with Crippen LogP contribution in [0.15, 0.2) is 85.5 Å². The second-order valence-electron chi connectivity index (χ2n) is 13.7. The summed E-state index contributed by atoms with van der Waals surface area (Å²) in [4.78, 5) is 43.8. The van der Waals surface area contributed by atoms with Gasteiger partial charge in [-0.05, 0) is 47.2 Å². The molecule has 300 valence electrons. The lowest BCUT2D eigenvalue weighted by molar-refractivity contribution is 0.0540. The number of amides is 3. The smallest absolute Gasteiger partial charge is 0.411 e. The second-order valence-corrected chi connectivity index (χ2v) is 13.7. The highest BCUT2D eigenvalue weighted by Crippen LogP contribution is 2.37. The molecule has 6 rings (SSSR count). The standard InChI is InChI=1S/C43H48N4O10/c1-4-14-57-43(52)45-36-22-40(38(54-3)20-34(36)42(51)47-24-30-13-8-6-11-28(30)18-32(47)26-49)56-16-9-15-55-39-21-35(44)33(19-37(39)53-2)41(50)46-23-29-12-7-5-10-27(29)17-31(46)25-48/h4-8,10-13,19-22,31-32,48-49H,1,9,14-18,23-26,44H2,2-3H3,(H,45,52). The molecule has 0 radical (unpaired) electrons. The highest BCUT2D eigenvalue weighted by atomic mass is 16.5. The molecule has 2 aliphatic heterocycles. The molecule has 4 aromatic carbocycles. The van der Waals surface area contributed by atoms with Gasteiger partial charge in [-0.15, -0.1) is 0 Å². The molecule has 0 bridgehead atoms. The lowest BCUT2D eigenvalue weighted by Crippen LogP contribution is -2.46. The van der Waals surface area contributed by atoms with Gasteiger partial charge in [-0.1, -0.05) is 61.2 Å². The Morgan fingerprint density at radius 2 is 1.25 bits per heavy atom. The van der Waals surface area contributed by atoms with Crippen LogP contribution >= 0.6 is 0 Å². The van der Waals surface area contributed by atoms with Crippen LogP contribution in [0.3, 0.4) is 0 Å². The summed E-state index contributed by atoms with van der Waals surface area (Å²) in [7, 11) is 2.91. The number of nitrogens with zero attached hydrogens (tertiary/aromatic N) is 2. The van der Waals surface area contributed by atoms with Crippen molar-refractivity contribution in [2.45, 2.75) is 44.4 Å². The van der Waals surface area contributed by atoms with Crippen molar-refractivity contribution in [2.24, 2.45) is 0 Å². The van der Waals surface area contributed by atoms with E-state index in [2.05, 4.69) is 11.9 Å². The van der Waals surface area contributed by atoms with Crippen molar-refractivity contribution in [3.8, 4) is 23.0 Å². The maximum Gasteiger partial charge on any atom is 0.411 e. The quantitative estimate of drug-likeness (QED) is 0.0725. The van der Waals surface area contributed by atoms with E-state index in [1.807, 2.05) is 48.5 Å². The highest BCUT2D eigenvalue weighted by molar-refractivity contribution is 6.04. The lowest BCUT2D eigenvalue weighted by atomic mass is 9.93. The summed E-state index contributed by atoms with van der Waals surface area (Å²) in [5.74, 6) is 0.405. The molecule has 14 nitrogen and oxygen atoms in total. The molecule has 0 spiro atoms. The van der Waals surface area contributed by atoms with Crippen LogP contribution in [0.25, 0.3) is 0 Å². The number of aliphatic hydroxyl groups is 2. The molecule has 2 unspecified atom stereocenters. The molecule has 2 heterocycles. The molecule has 2 atom stereocenters. The van der Waals surface area contributed by atoms with Gasteiger partial charge in [0.25, 0.3) is 11.8 Å². The second kappa shape index (κ2) is 18.6. The van der Waals surface area contributed by atoms with Crippen molar-refractivity contribution >= 4 is 29.3 Å². The SMILES string of the molecule is C=CCOC(=O)Nc1cc(OCCCOc2cc(N)c(C(=O)N3Cc4ccccc4CC3CO)cc2OC)c(OC)cc1C(=O)N1Cc2ccccc2CC1CO. The van der Waals surface area contributed by atoms with Gasteiger partial charge in [0, 0.05) is 37.3 Å². The van der Waals surface area contributed by atoms with Crippen molar-refractivity contribution in [2.75, 3.05) is 58.3 Å². The minimum absolute atomic E-state index is 0.0444. The van der Waals surface area contributed by atoms with Crippen molar-refractivity contribution in [3.05, 3.63) is 119 Å². The fraction of sp³-hybridized carbons (Fsp3) is 0.326. The largest absolute Gasteiger partial charge is 0.493 e. The monoisotopic (exact) mass is 780 g/mol. The number of carbonyl (C=O) groups excluding carboxylic acids is 3. The van der Waals surface area contributed by atoms with Gasteiger partial charge in [0.1, 0.15) is 6.61 Å². The summed E-state index contributed by atoms with van der Waals surface area (Å²) in [6.07, 6.45) is 2.02. The Morgan fingerprint density at radius 1 is 0.754 bits per heavy atom. The number of anilines is 2. The van der Waals surface area contributed by atoms with Crippen LogP contribution in [0, 0.1) is 0 Å². The maximum atomic E-state index is 14.1. The number of nitrogen functional groups attached to an aromatic ring is 1. The third-order valence-electron chi connectivity index (χ3n) is 10.1. The van der Waals surface area contributed by atoms with Crippen molar-refractivity contribution < 1.29 is 48.3 Å². The van der Waals surface area contributed by atoms with Crippen molar-refractivity contribution in [3.63, 3.8) is 0 Å². The van der Waals surface area contributed by atoms with Gasteiger partial charge in [-0.3, -0.25) is 14.9 Å². The first-order chi connectivity index (χ1) is 27.7. The lowest BCUT2D eigenvalue weighted by Gasteiger charge is -2.36. The van der Waals surface area contributed by atoms with E-state index < -0.39 is 24.1 Å². The molecule has 0 aromatic heterocycles. The molecule has 0 saturated carbocycles. The number of ether oxygens (including phenoxy) is 5. The number of nitrogens with two attached hydrogens (primary N) is 1. The van der Waals surface area contributed by atoms with Crippen molar-refractivity contribution in [1.82, 2.24) is 9.80 Å². The molecule has 3 amide bonds. The Labute approximate surface area is 331 Å². The Kier molecular flexibility index (Phi) is 13.2. The number of hydrogen-bond acceptors (Lipinski definition) is 11. The van der Waals surface area contributed by atoms with Gasteiger partial charge >= 0.3 is 6.09 Å². The molecule has 14 heteroatoms. The van der Waals surface area contributed by atoms with Gasteiger partial charge in [0.2, 0.25) is 0 Å². The number of aliphatic hydroxyl groups excluding tert-OH is 2. The van der Waals surface area contributed by atoms with E-state index in [4.69, 9.17) is 29.4 Å². The van der Waals surface area contributed by atoms with Gasteiger partial charge in [0.15, 0.2) is 23.0 Å². The third kappa shape index (κ3) is 9.08.